The van der Waals surface area contributed by atoms with E-state index in [1.54, 1.807) is 0 Å². The maximum absolute atomic E-state index is 13.8. The van der Waals surface area contributed by atoms with Crippen molar-refractivity contribution >= 4 is 33.5 Å². The van der Waals surface area contributed by atoms with Gasteiger partial charge in [-0.15, -0.1) is 0 Å². The van der Waals surface area contributed by atoms with Gasteiger partial charge in [0.1, 0.15) is 12.4 Å². The van der Waals surface area contributed by atoms with E-state index < -0.39 is 17.8 Å². The lowest BCUT2D eigenvalue weighted by molar-refractivity contribution is -0.131. The van der Waals surface area contributed by atoms with Crippen LogP contribution >= 0.6 is 0 Å². The molecule has 230 valence electrons. The molecule has 0 radical (unpaired) electrons. The number of nitriles is 1. The van der Waals surface area contributed by atoms with Crippen LogP contribution in [-0.4, -0.2) is 81.6 Å². The fraction of sp³-hybridized carbons (Fsp3) is 0.400. The Labute approximate surface area is 261 Å². The minimum absolute atomic E-state index is 0.0207. The molecule has 0 aliphatic carbocycles. The van der Waals surface area contributed by atoms with Gasteiger partial charge in [-0.2, -0.15) is 15.2 Å². The average Bonchev–Trinajstić information content (AvgIpc) is 3.63. The van der Waals surface area contributed by atoms with Gasteiger partial charge < -0.3 is 14.5 Å². The number of halogens is 1. The summed E-state index contributed by atoms with van der Waals surface area (Å²) in [6.45, 7) is 8.92. The minimum Gasteiger partial charge on any atom is -0.461 e. The van der Waals surface area contributed by atoms with Crippen molar-refractivity contribution in [2.24, 2.45) is 0 Å². The highest BCUT2D eigenvalue weighted by molar-refractivity contribution is 5.99. The third-order valence-electron chi connectivity index (χ3n) is 9.79. The van der Waals surface area contributed by atoms with Crippen molar-refractivity contribution in [3.05, 3.63) is 66.5 Å². The van der Waals surface area contributed by atoms with Gasteiger partial charge in [0, 0.05) is 25.2 Å². The molecule has 2 aromatic carbocycles. The van der Waals surface area contributed by atoms with Crippen LogP contribution in [0.4, 0.5) is 10.2 Å². The molecule has 10 heteroatoms. The summed E-state index contributed by atoms with van der Waals surface area (Å²) in [5.74, 6) is -1.17. The lowest BCUT2D eigenvalue weighted by Crippen LogP contribution is -2.55. The van der Waals surface area contributed by atoms with Crippen LogP contribution in [0.5, 0.6) is 6.01 Å². The quantitative estimate of drug-likeness (QED) is 0.252. The molecule has 3 aliphatic heterocycles. The van der Waals surface area contributed by atoms with E-state index in [4.69, 9.17) is 19.7 Å². The highest BCUT2D eigenvalue weighted by Crippen LogP contribution is 2.39. The molecular formula is C35H36FN7O2. The first-order valence-corrected chi connectivity index (χ1v) is 15.7. The maximum Gasteiger partial charge on any atom is 0.320 e. The van der Waals surface area contributed by atoms with E-state index in [9.17, 15) is 14.4 Å². The molecule has 7 rings (SSSR count). The monoisotopic (exact) mass is 605 g/mol. The van der Waals surface area contributed by atoms with Crippen molar-refractivity contribution < 1.29 is 13.9 Å². The molecule has 0 N–H and O–H groups in total. The highest BCUT2D eigenvalue weighted by Gasteiger charge is 2.45. The number of pyridine rings is 1. The summed E-state index contributed by atoms with van der Waals surface area (Å²) >= 11 is 0. The predicted molar refractivity (Wildman–Crippen MR) is 171 cm³/mol. The van der Waals surface area contributed by atoms with Gasteiger partial charge in [0.05, 0.1) is 35.2 Å². The zero-order chi connectivity index (χ0) is 31.1. The smallest absolute Gasteiger partial charge is 0.320 e. The lowest BCUT2D eigenvalue weighted by Gasteiger charge is -2.41. The van der Waals surface area contributed by atoms with E-state index in [2.05, 4.69) is 54.8 Å². The van der Waals surface area contributed by atoms with Crippen LogP contribution in [0.2, 0.25) is 0 Å². The average molecular weight is 606 g/mol. The molecule has 3 fully saturated rings. The summed E-state index contributed by atoms with van der Waals surface area (Å²) in [4.78, 5) is 33.4. The Kier molecular flexibility index (Phi) is 7.58. The first-order chi connectivity index (χ1) is 21.9. The second kappa shape index (κ2) is 11.7. The maximum atomic E-state index is 13.8. The van der Waals surface area contributed by atoms with Crippen molar-refractivity contribution in [3.8, 4) is 23.3 Å². The van der Waals surface area contributed by atoms with Gasteiger partial charge >= 0.3 is 6.01 Å². The number of anilines is 1. The third-order valence-corrected chi connectivity index (χ3v) is 9.79. The number of carbonyl (C=O) groups excluding carboxylic acids is 1. The minimum atomic E-state index is -1.03. The zero-order valence-corrected chi connectivity index (χ0v) is 25.5. The van der Waals surface area contributed by atoms with Gasteiger partial charge in [0.15, 0.2) is 11.5 Å². The Bertz CT molecular complexity index is 1840. The Balaban J connectivity index is 1.30. The predicted octanol–water partition coefficient (Wildman–Crippen LogP) is 5.57. The van der Waals surface area contributed by atoms with Crippen LogP contribution in [0.25, 0.3) is 33.1 Å². The molecule has 9 nitrogen and oxygen atoms in total. The van der Waals surface area contributed by atoms with Crippen LogP contribution in [0, 0.1) is 18.3 Å². The summed E-state index contributed by atoms with van der Waals surface area (Å²) in [5, 5.41) is 12.6. The molecule has 0 spiro atoms. The van der Waals surface area contributed by atoms with Crippen molar-refractivity contribution in [1.82, 2.24) is 24.8 Å². The molecule has 0 unspecified atom stereocenters. The molecule has 3 saturated heterocycles. The number of piperazine rings is 1. The fourth-order valence-corrected chi connectivity index (χ4v) is 7.58. The van der Waals surface area contributed by atoms with E-state index in [1.165, 1.54) is 10.5 Å². The van der Waals surface area contributed by atoms with Crippen molar-refractivity contribution in [1.29, 1.82) is 5.26 Å². The van der Waals surface area contributed by atoms with E-state index in [-0.39, 0.29) is 24.5 Å². The normalized spacial score (nSPS) is 19.5. The number of aryl methyl sites for hydroxylation is 1. The van der Waals surface area contributed by atoms with E-state index in [1.807, 2.05) is 23.1 Å². The number of fused-ring (bicyclic) bond motifs is 3. The third kappa shape index (κ3) is 5.25. The molecule has 4 aromatic rings. The number of ether oxygens (including phenoxy) is 1. The van der Waals surface area contributed by atoms with Crippen molar-refractivity contribution in [2.75, 3.05) is 44.2 Å². The number of hydrogen-bond donors (Lipinski definition) is 0. The Morgan fingerprint density at radius 2 is 1.84 bits per heavy atom. The molecule has 1 amide bonds. The van der Waals surface area contributed by atoms with E-state index >= 15 is 0 Å². The zero-order valence-electron chi connectivity index (χ0n) is 25.5. The number of benzene rings is 2. The first kappa shape index (κ1) is 29.1. The molecule has 2 aromatic heterocycles. The Morgan fingerprint density at radius 1 is 1.07 bits per heavy atom. The van der Waals surface area contributed by atoms with Gasteiger partial charge in [-0.3, -0.25) is 9.69 Å². The number of rotatable bonds is 7. The Hall–Kier alpha value is -4.62. The van der Waals surface area contributed by atoms with E-state index in [0.29, 0.717) is 31.2 Å². The van der Waals surface area contributed by atoms with Crippen LogP contribution < -0.4 is 9.64 Å². The van der Waals surface area contributed by atoms with Crippen molar-refractivity contribution in [3.63, 3.8) is 0 Å². The summed E-state index contributed by atoms with van der Waals surface area (Å²) in [7, 11) is 0. The standard InChI is InChI=1S/C35H36FN7O2/c1-23-7-3-8-25-9-4-10-27(30(23)25)29-12-11-28-31(38-29)39-34(45-22-35-14-5-17-42(35)18-6-15-35)40-32(28)41-19-20-43(33(44)24(2)36)26(21-41)13-16-37/h3-4,7-12,26H,2,5-6,13-15,17-22H2,1H3/t26-/m0/s1. The Morgan fingerprint density at radius 3 is 2.60 bits per heavy atom. The number of hydrogen-bond acceptors (Lipinski definition) is 8. The molecule has 45 heavy (non-hydrogen) atoms. The second-order valence-corrected chi connectivity index (χ2v) is 12.4. The molecule has 0 bridgehead atoms. The molecule has 5 heterocycles. The first-order valence-electron chi connectivity index (χ1n) is 15.7. The van der Waals surface area contributed by atoms with Crippen molar-refractivity contribution in [2.45, 2.75) is 50.6 Å². The lowest BCUT2D eigenvalue weighted by atomic mass is 9.95. The molecule has 0 saturated carbocycles. The SMILES string of the molecule is C=C(F)C(=O)N1CCN(c2nc(OCC34CCCN3CCC4)nc3nc(-c4cccc5cccc(C)c45)ccc23)C[C@@H]1CC#N. The van der Waals surface area contributed by atoms with Gasteiger partial charge in [0.25, 0.3) is 5.91 Å². The van der Waals surface area contributed by atoms with E-state index in [0.717, 1.165) is 66.2 Å². The topological polar surface area (TPSA) is 98.5 Å². The molecular weight excluding hydrogens is 569 g/mol. The summed E-state index contributed by atoms with van der Waals surface area (Å²) in [5.41, 5.74) is 3.52. The van der Waals surface area contributed by atoms with Crippen LogP contribution in [-0.2, 0) is 4.79 Å². The van der Waals surface area contributed by atoms with Gasteiger partial charge in [-0.05, 0) is 74.2 Å². The summed E-state index contributed by atoms with van der Waals surface area (Å²) in [6.07, 6.45) is 4.58. The van der Waals surface area contributed by atoms with Crippen LogP contribution in [0.3, 0.4) is 0 Å². The highest BCUT2D eigenvalue weighted by atomic mass is 19.1. The number of nitrogens with zero attached hydrogens (tertiary/aromatic N) is 7. The van der Waals surface area contributed by atoms with Gasteiger partial charge in [-0.1, -0.05) is 43.0 Å². The number of carbonyl (C=O) groups is 1. The molecule has 1 atom stereocenters. The number of aromatic nitrogens is 3. The van der Waals surface area contributed by atoms with Gasteiger partial charge in [-0.25, -0.2) is 9.37 Å². The largest absolute Gasteiger partial charge is 0.461 e. The van der Waals surface area contributed by atoms with Crippen LogP contribution in [0.15, 0.2) is 60.9 Å². The fourth-order valence-electron chi connectivity index (χ4n) is 7.58. The summed E-state index contributed by atoms with van der Waals surface area (Å²) < 4.78 is 20.3. The second-order valence-electron chi connectivity index (χ2n) is 12.4. The van der Waals surface area contributed by atoms with Crippen LogP contribution in [0.1, 0.15) is 37.7 Å². The van der Waals surface area contributed by atoms with Gasteiger partial charge in [0.2, 0.25) is 0 Å². The number of amides is 1. The summed E-state index contributed by atoms with van der Waals surface area (Å²) in [6, 6.07) is 18.4. The molecule has 3 aliphatic rings.